The van der Waals surface area contributed by atoms with Gasteiger partial charge in [-0.25, -0.2) is 0 Å². The van der Waals surface area contributed by atoms with E-state index in [1.165, 1.54) is 0 Å². The topological polar surface area (TPSA) is 61.3 Å². The molecular weight excluding hydrogens is 292 g/mol. The monoisotopic (exact) mass is 314 g/mol. The second kappa shape index (κ2) is 7.22. The number of ether oxygens (including phenoxy) is 2. The standard InChI is InChI=1S/C18H22N2O3/c1-11-12(2)20-14(13(3)19-11)9-10-15(21)18-16(22-4)7-6-8-17(18)23-5/h6-8H,9-10H2,1-5H3. The van der Waals surface area contributed by atoms with Crippen molar-refractivity contribution in [3.05, 3.63) is 46.5 Å². The largest absolute Gasteiger partial charge is 0.496 e. The predicted octanol–water partition coefficient (Wildman–Crippen LogP) is 3.23. The second-order valence-electron chi connectivity index (χ2n) is 5.39. The van der Waals surface area contributed by atoms with Gasteiger partial charge in [-0.2, -0.15) is 0 Å². The Bertz CT molecular complexity index is 704. The molecule has 5 nitrogen and oxygen atoms in total. The molecule has 1 aromatic heterocycles. The first-order valence-corrected chi connectivity index (χ1v) is 7.52. The molecule has 122 valence electrons. The van der Waals surface area contributed by atoms with Gasteiger partial charge in [0.05, 0.1) is 37.0 Å². The average Bonchev–Trinajstić information content (AvgIpc) is 2.55. The molecule has 23 heavy (non-hydrogen) atoms. The van der Waals surface area contributed by atoms with Crippen molar-refractivity contribution in [2.75, 3.05) is 14.2 Å². The zero-order chi connectivity index (χ0) is 17.0. The van der Waals surface area contributed by atoms with E-state index in [1.54, 1.807) is 32.4 Å². The van der Waals surface area contributed by atoms with Crippen LogP contribution < -0.4 is 9.47 Å². The highest BCUT2D eigenvalue weighted by Gasteiger charge is 2.18. The number of benzene rings is 1. The zero-order valence-electron chi connectivity index (χ0n) is 14.3. The summed E-state index contributed by atoms with van der Waals surface area (Å²) in [7, 11) is 3.09. The number of rotatable bonds is 6. The molecule has 0 unspecified atom stereocenters. The fourth-order valence-corrected chi connectivity index (χ4v) is 2.48. The number of methoxy groups -OCH3 is 2. The lowest BCUT2D eigenvalue weighted by Gasteiger charge is -2.12. The van der Waals surface area contributed by atoms with Crippen LogP contribution in [-0.4, -0.2) is 30.0 Å². The van der Waals surface area contributed by atoms with Crippen molar-refractivity contribution in [1.82, 2.24) is 9.97 Å². The van der Waals surface area contributed by atoms with E-state index in [2.05, 4.69) is 9.97 Å². The van der Waals surface area contributed by atoms with E-state index in [4.69, 9.17) is 9.47 Å². The molecule has 0 spiro atoms. The number of hydrogen-bond donors (Lipinski definition) is 0. The van der Waals surface area contributed by atoms with Gasteiger partial charge in [-0.05, 0) is 39.3 Å². The highest BCUT2D eigenvalue weighted by Crippen LogP contribution is 2.29. The van der Waals surface area contributed by atoms with Crippen LogP contribution in [0.2, 0.25) is 0 Å². The first-order chi connectivity index (χ1) is 11.0. The maximum atomic E-state index is 12.6. The van der Waals surface area contributed by atoms with Crippen LogP contribution in [0.25, 0.3) is 0 Å². The lowest BCUT2D eigenvalue weighted by atomic mass is 10.0. The molecule has 0 aliphatic rings. The highest BCUT2D eigenvalue weighted by molar-refractivity contribution is 6.01. The Balaban J connectivity index is 2.22. The molecule has 2 aromatic rings. The van der Waals surface area contributed by atoms with Gasteiger partial charge >= 0.3 is 0 Å². The maximum absolute atomic E-state index is 12.6. The van der Waals surface area contributed by atoms with Gasteiger partial charge in [-0.3, -0.25) is 14.8 Å². The SMILES string of the molecule is COc1cccc(OC)c1C(=O)CCc1nc(C)c(C)nc1C. The van der Waals surface area contributed by atoms with Gasteiger partial charge in [-0.1, -0.05) is 6.07 Å². The third-order valence-corrected chi connectivity index (χ3v) is 3.87. The van der Waals surface area contributed by atoms with Crippen LogP contribution in [0, 0.1) is 20.8 Å². The van der Waals surface area contributed by atoms with Crippen LogP contribution in [0.15, 0.2) is 18.2 Å². The molecule has 0 saturated carbocycles. The number of ketones is 1. The summed E-state index contributed by atoms with van der Waals surface area (Å²) in [5.41, 5.74) is 4.02. The lowest BCUT2D eigenvalue weighted by Crippen LogP contribution is -2.09. The van der Waals surface area contributed by atoms with Crippen LogP contribution >= 0.6 is 0 Å². The molecule has 2 rings (SSSR count). The summed E-state index contributed by atoms with van der Waals surface area (Å²) in [5, 5.41) is 0. The summed E-state index contributed by atoms with van der Waals surface area (Å²) < 4.78 is 10.6. The van der Waals surface area contributed by atoms with E-state index in [0.29, 0.717) is 29.9 Å². The first-order valence-electron chi connectivity index (χ1n) is 7.52. The fourth-order valence-electron chi connectivity index (χ4n) is 2.48. The molecule has 0 radical (unpaired) electrons. The Labute approximate surface area is 136 Å². The average molecular weight is 314 g/mol. The van der Waals surface area contributed by atoms with E-state index < -0.39 is 0 Å². The van der Waals surface area contributed by atoms with Crippen LogP contribution in [0.3, 0.4) is 0 Å². The van der Waals surface area contributed by atoms with Crippen molar-refractivity contribution < 1.29 is 14.3 Å². The minimum absolute atomic E-state index is 0.0290. The van der Waals surface area contributed by atoms with E-state index in [0.717, 1.165) is 22.8 Å². The molecule has 1 heterocycles. The molecule has 0 fully saturated rings. The predicted molar refractivity (Wildman–Crippen MR) is 88.4 cm³/mol. The van der Waals surface area contributed by atoms with Crippen molar-refractivity contribution in [2.45, 2.75) is 33.6 Å². The number of carbonyl (C=O) groups is 1. The third kappa shape index (κ3) is 3.67. The summed E-state index contributed by atoms with van der Waals surface area (Å²) in [6, 6.07) is 5.32. The first kappa shape index (κ1) is 16.9. The minimum Gasteiger partial charge on any atom is -0.496 e. The number of aryl methyl sites for hydroxylation is 4. The smallest absolute Gasteiger partial charge is 0.170 e. The molecule has 0 aliphatic carbocycles. The molecule has 0 bridgehead atoms. The summed E-state index contributed by atoms with van der Waals surface area (Å²) in [6.45, 7) is 5.78. The van der Waals surface area contributed by atoms with Crippen molar-refractivity contribution >= 4 is 5.78 Å². The van der Waals surface area contributed by atoms with Gasteiger partial charge in [0, 0.05) is 6.42 Å². The van der Waals surface area contributed by atoms with E-state index in [9.17, 15) is 4.79 Å². The second-order valence-corrected chi connectivity index (χ2v) is 5.39. The fraction of sp³-hybridized carbons (Fsp3) is 0.389. The van der Waals surface area contributed by atoms with Gasteiger partial charge in [0.1, 0.15) is 17.1 Å². The summed E-state index contributed by atoms with van der Waals surface area (Å²) >= 11 is 0. The Morgan fingerprint density at radius 2 is 1.52 bits per heavy atom. The Hall–Kier alpha value is -2.43. The van der Waals surface area contributed by atoms with E-state index in [1.807, 2.05) is 20.8 Å². The van der Waals surface area contributed by atoms with Crippen LogP contribution in [-0.2, 0) is 6.42 Å². The minimum atomic E-state index is -0.0290. The van der Waals surface area contributed by atoms with E-state index in [-0.39, 0.29) is 5.78 Å². The molecule has 0 N–H and O–H groups in total. The van der Waals surface area contributed by atoms with Crippen molar-refractivity contribution in [3.63, 3.8) is 0 Å². The van der Waals surface area contributed by atoms with Crippen LogP contribution in [0.5, 0.6) is 11.5 Å². The molecule has 0 saturated heterocycles. The molecule has 0 amide bonds. The molecule has 1 aromatic carbocycles. The van der Waals surface area contributed by atoms with Gasteiger partial charge in [0.15, 0.2) is 5.78 Å². The Morgan fingerprint density at radius 1 is 0.957 bits per heavy atom. The quantitative estimate of drug-likeness (QED) is 0.766. The van der Waals surface area contributed by atoms with Crippen LogP contribution in [0.1, 0.15) is 39.6 Å². The molecule has 5 heteroatoms. The number of hydrogen-bond acceptors (Lipinski definition) is 5. The molecule has 0 aliphatic heterocycles. The van der Waals surface area contributed by atoms with Crippen LogP contribution in [0.4, 0.5) is 0 Å². The summed E-state index contributed by atoms with van der Waals surface area (Å²) in [5.74, 6) is 1.02. The Morgan fingerprint density at radius 3 is 2.09 bits per heavy atom. The van der Waals surface area contributed by atoms with Crippen molar-refractivity contribution in [2.24, 2.45) is 0 Å². The maximum Gasteiger partial charge on any atom is 0.170 e. The van der Waals surface area contributed by atoms with Gasteiger partial charge < -0.3 is 9.47 Å². The number of Topliss-reactive ketones (excluding diaryl/α,β-unsaturated/α-hetero) is 1. The van der Waals surface area contributed by atoms with Crippen molar-refractivity contribution in [3.8, 4) is 11.5 Å². The van der Waals surface area contributed by atoms with Crippen molar-refractivity contribution in [1.29, 1.82) is 0 Å². The Kier molecular flexibility index (Phi) is 5.32. The molecular formula is C18H22N2O3. The number of carbonyl (C=O) groups excluding carboxylic acids is 1. The van der Waals surface area contributed by atoms with Gasteiger partial charge in [0.2, 0.25) is 0 Å². The highest BCUT2D eigenvalue weighted by atomic mass is 16.5. The normalized spacial score (nSPS) is 10.5. The zero-order valence-corrected chi connectivity index (χ0v) is 14.3. The van der Waals surface area contributed by atoms with Gasteiger partial charge in [-0.15, -0.1) is 0 Å². The van der Waals surface area contributed by atoms with E-state index >= 15 is 0 Å². The van der Waals surface area contributed by atoms with Gasteiger partial charge in [0.25, 0.3) is 0 Å². The molecule has 0 atom stereocenters. The summed E-state index contributed by atoms with van der Waals surface area (Å²) in [6.07, 6.45) is 0.870. The number of nitrogens with zero attached hydrogens (tertiary/aromatic N) is 2. The summed E-state index contributed by atoms with van der Waals surface area (Å²) in [4.78, 5) is 21.6. The third-order valence-electron chi connectivity index (χ3n) is 3.87. The lowest BCUT2D eigenvalue weighted by molar-refractivity contribution is 0.0976. The number of aromatic nitrogens is 2.